The van der Waals surface area contributed by atoms with Crippen LogP contribution in [0.5, 0.6) is 0 Å². The molecule has 3 heteroatoms. The average Bonchev–Trinajstić information content (AvgIpc) is 1.99. The van der Waals surface area contributed by atoms with Crippen LogP contribution in [0.2, 0.25) is 0 Å². The van der Waals surface area contributed by atoms with E-state index in [1.54, 1.807) is 0 Å². The Labute approximate surface area is 91.8 Å². The van der Waals surface area contributed by atoms with E-state index in [1.165, 1.54) is 31.4 Å². The van der Waals surface area contributed by atoms with Crippen LogP contribution in [0.3, 0.4) is 0 Å². The molecule has 1 saturated carbocycles. The second-order valence-electron chi connectivity index (χ2n) is 3.84. The summed E-state index contributed by atoms with van der Waals surface area (Å²) < 4.78 is 13.8. The smallest absolute Gasteiger partial charge is 0.126 e. The molecule has 1 aliphatic carbocycles. The van der Waals surface area contributed by atoms with Crippen molar-refractivity contribution in [2.75, 3.05) is 11.9 Å². The van der Waals surface area contributed by atoms with E-state index in [0.29, 0.717) is 0 Å². The Hall–Kier alpha value is -0.570. The van der Waals surface area contributed by atoms with Crippen LogP contribution in [0.1, 0.15) is 19.3 Å². The minimum absolute atomic E-state index is 0.199. The summed E-state index contributed by atoms with van der Waals surface area (Å²) >= 11 is 3.27. The van der Waals surface area contributed by atoms with Gasteiger partial charge in [0.15, 0.2) is 0 Å². The number of anilines is 1. The lowest BCUT2D eigenvalue weighted by molar-refractivity contribution is 0.333. The van der Waals surface area contributed by atoms with Crippen molar-refractivity contribution in [3.63, 3.8) is 0 Å². The fourth-order valence-corrected chi connectivity index (χ4v) is 2.08. The maximum atomic E-state index is 13.0. The summed E-state index contributed by atoms with van der Waals surface area (Å²) in [7, 11) is 0. The van der Waals surface area contributed by atoms with Crippen molar-refractivity contribution in [3.8, 4) is 0 Å². The molecular weight excluding hydrogens is 245 g/mol. The van der Waals surface area contributed by atoms with Gasteiger partial charge >= 0.3 is 0 Å². The largest absolute Gasteiger partial charge is 0.385 e. The summed E-state index contributed by atoms with van der Waals surface area (Å²) in [4.78, 5) is 0. The fraction of sp³-hybridized carbons (Fsp3) is 0.455. The molecule has 0 amide bonds. The standard InChI is InChI=1S/C11H13BrFN/c12-9-4-10(13)6-11(5-9)14-7-8-2-1-3-8/h4-6,8,14H,1-3,7H2. The van der Waals surface area contributed by atoms with Crippen LogP contribution in [0.4, 0.5) is 10.1 Å². The molecule has 76 valence electrons. The molecule has 0 atom stereocenters. The van der Waals surface area contributed by atoms with Gasteiger partial charge in [0, 0.05) is 16.7 Å². The van der Waals surface area contributed by atoms with Crippen LogP contribution < -0.4 is 5.32 Å². The zero-order valence-electron chi connectivity index (χ0n) is 7.89. The first kappa shape index (κ1) is 9.97. The fourth-order valence-electron chi connectivity index (χ4n) is 1.62. The maximum absolute atomic E-state index is 13.0. The Kier molecular flexibility index (Phi) is 3.06. The van der Waals surface area contributed by atoms with Crippen LogP contribution in [0, 0.1) is 11.7 Å². The van der Waals surface area contributed by atoms with Crippen molar-refractivity contribution in [1.82, 2.24) is 0 Å². The van der Waals surface area contributed by atoms with Crippen molar-refractivity contribution in [2.24, 2.45) is 5.92 Å². The molecule has 1 aromatic carbocycles. The molecule has 14 heavy (non-hydrogen) atoms. The molecule has 1 aromatic rings. The molecule has 1 nitrogen and oxygen atoms in total. The molecule has 0 radical (unpaired) electrons. The van der Waals surface area contributed by atoms with Gasteiger partial charge in [-0.1, -0.05) is 22.4 Å². The molecular formula is C11H13BrFN. The second kappa shape index (κ2) is 4.30. The van der Waals surface area contributed by atoms with Crippen molar-refractivity contribution in [3.05, 3.63) is 28.5 Å². The summed E-state index contributed by atoms with van der Waals surface area (Å²) in [6.07, 6.45) is 3.96. The Morgan fingerprint density at radius 1 is 1.36 bits per heavy atom. The lowest BCUT2D eigenvalue weighted by atomic mass is 9.85. The second-order valence-corrected chi connectivity index (χ2v) is 4.75. The SMILES string of the molecule is Fc1cc(Br)cc(NCC2CCC2)c1. The summed E-state index contributed by atoms with van der Waals surface area (Å²) in [5.74, 6) is 0.590. The highest BCUT2D eigenvalue weighted by molar-refractivity contribution is 9.10. The molecule has 0 unspecified atom stereocenters. The predicted octanol–water partition coefficient (Wildman–Crippen LogP) is 3.80. The van der Waals surface area contributed by atoms with Crippen molar-refractivity contribution in [1.29, 1.82) is 0 Å². The summed E-state index contributed by atoms with van der Waals surface area (Å²) in [5.41, 5.74) is 0.865. The molecule has 0 bridgehead atoms. The van der Waals surface area contributed by atoms with Crippen LogP contribution >= 0.6 is 15.9 Å². The van der Waals surface area contributed by atoms with Gasteiger partial charge in [-0.05, 0) is 37.0 Å². The average molecular weight is 258 g/mol. The zero-order chi connectivity index (χ0) is 9.97. The number of halogens is 2. The van der Waals surface area contributed by atoms with E-state index < -0.39 is 0 Å². The van der Waals surface area contributed by atoms with Gasteiger partial charge in [0.2, 0.25) is 0 Å². The molecule has 0 saturated heterocycles. The lowest BCUT2D eigenvalue weighted by Crippen LogP contribution is -2.20. The van der Waals surface area contributed by atoms with Crippen LogP contribution in [0.25, 0.3) is 0 Å². The van der Waals surface area contributed by atoms with E-state index in [9.17, 15) is 4.39 Å². The minimum Gasteiger partial charge on any atom is -0.385 e. The van der Waals surface area contributed by atoms with Crippen molar-refractivity contribution in [2.45, 2.75) is 19.3 Å². The maximum Gasteiger partial charge on any atom is 0.126 e. The number of nitrogens with one attached hydrogen (secondary N) is 1. The van der Waals surface area contributed by atoms with Crippen molar-refractivity contribution < 1.29 is 4.39 Å². The first-order chi connectivity index (χ1) is 6.74. The first-order valence-corrected chi connectivity index (χ1v) is 5.73. The van der Waals surface area contributed by atoms with Gasteiger partial charge in [0.1, 0.15) is 5.82 Å². The van der Waals surface area contributed by atoms with Crippen molar-refractivity contribution >= 4 is 21.6 Å². The van der Waals surface area contributed by atoms with E-state index in [-0.39, 0.29) is 5.82 Å². The van der Waals surface area contributed by atoms with Gasteiger partial charge in [-0.3, -0.25) is 0 Å². The van der Waals surface area contributed by atoms with Crippen LogP contribution in [-0.4, -0.2) is 6.54 Å². The van der Waals surface area contributed by atoms with E-state index in [2.05, 4.69) is 21.2 Å². The van der Waals surface area contributed by atoms with Gasteiger partial charge in [-0.15, -0.1) is 0 Å². The normalized spacial score (nSPS) is 16.4. The number of benzene rings is 1. The Morgan fingerprint density at radius 3 is 2.71 bits per heavy atom. The van der Waals surface area contributed by atoms with E-state index in [4.69, 9.17) is 0 Å². The van der Waals surface area contributed by atoms with Gasteiger partial charge in [-0.2, -0.15) is 0 Å². The number of hydrogen-bond acceptors (Lipinski definition) is 1. The highest BCUT2D eigenvalue weighted by Crippen LogP contribution is 2.27. The molecule has 1 fully saturated rings. The van der Waals surface area contributed by atoms with Gasteiger partial charge in [-0.25, -0.2) is 4.39 Å². The van der Waals surface area contributed by atoms with E-state index >= 15 is 0 Å². The summed E-state index contributed by atoms with van der Waals surface area (Å²) in [6, 6.07) is 4.90. The zero-order valence-corrected chi connectivity index (χ0v) is 9.48. The number of hydrogen-bond donors (Lipinski definition) is 1. The quantitative estimate of drug-likeness (QED) is 0.869. The van der Waals surface area contributed by atoms with Crippen LogP contribution in [0.15, 0.2) is 22.7 Å². The highest BCUT2D eigenvalue weighted by Gasteiger charge is 2.16. The molecule has 1 N–H and O–H groups in total. The van der Waals surface area contributed by atoms with Gasteiger partial charge < -0.3 is 5.32 Å². The third kappa shape index (κ3) is 2.47. The monoisotopic (exact) mass is 257 g/mol. The highest BCUT2D eigenvalue weighted by atomic mass is 79.9. The summed E-state index contributed by atoms with van der Waals surface area (Å²) in [6.45, 7) is 0.968. The molecule has 2 rings (SSSR count). The molecule has 1 aliphatic rings. The minimum atomic E-state index is -0.199. The van der Waals surface area contributed by atoms with E-state index in [0.717, 1.165) is 22.6 Å². The molecule has 0 spiro atoms. The Morgan fingerprint density at radius 2 is 2.14 bits per heavy atom. The van der Waals surface area contributed by atoms with Gasteiger partial charge in [0.25, 0.3) is 0 Å². The Bertz CT molecular complexity index is 303. The molecule has 0 aliphatic heterocycles. The predicted molar refractivity (Wildman–Crippen MR) is 59.9 cm³/mol. The molecule has 0 heterocycles. The lowest BCUT2D eigenvalue weighted by Gasteiger charge is -2.25. The third-order valence-corrected chi connectivity index (χ3v) is 3.14. The third-order valence-electron chi connectivity index (χ3n) is 2.68. The Balaban J connectivity index is 1.94. The topological polar surface area (TPSA) is 12.0 Å². The van der Waals surface area contributed by atoms with Gasteiger partial charge in [0.05, 0.1) is 0 Å². The first-order valence-electron chi connectivity index (χ1n) is 4.94. The summed E-state index contributed by atoms with van der Waals surface area (Å²) in [5, 5.41) is 3.26. The number of rotatable bonds is 3. The molecule has 0 aromatic heterocycles. The van der Waals surface area contributed by atoms with E-state index in [1.807, 2.05) is 6.07 Å². The van der Waals surface area contributed by atoms with Crippen LogP contribution in [-0.2, 0) is 0 Å².